The van der Waals surface area contributed by atoms with E-state index in [1.165, 1.54) is 27.8 Å². The Kier molecular flexibility index (Phi) is 5.09. The first kappa shape index (κ1) is 14.6. The summed E-state index contributed by atoms with van der Waals surface area (Å²) in [6, 6.07) is 2.24. The van der Waals surface area contributed by atoms with Crippen molar-refractivity contribution >= 4 is 23.2 Å². The van der Waals surface area contributed by atoms with E-state index in [1.807, 2.05) is 6.08 Å². The molecule has 1 aromatic carbocycles. The van der Waals surface area contributed by atoms with Crippen LogP contribution >= 0.6 is 23.2 Å². The molecule has 0 aromatic heterocycles. The lowest BCUT2D eigenvalue weighted by Gasteiger charge is -2.21. The maximum Gasteiger partial charge on any atom is 0.103 e. The molecule has 17 heavy (non-hydrogen) atoms. The van der Waals surface area contributed by atoms with Gasteiger partial charge >= 0.3 is 0 Å². The molecule has 0 heterocycles. The van der Waals surface area contributed by atoms with Crippen LogP contribution in [0, 0.1) is 27.7 Å². The molecule has 0 saturated carbocycles. The highest BCUT2D eigenvalue weighted by molar-refractivity contribution is 6.55. The van der Waals surface area contributed by atoms with E-state index >= 15 is 0 Å². The molecular weight excluding hydrogens is 251 g/mol. The van der Waals surface area contributed by atoms with Crippen LogP contribution < -0.4 is 0 Å². The van der Waals surface area contributed by atoms with Crippen molar-refractivity contribution in [3.63, 3.8) is 0 Å². The smallest absolute Gasteiger partial charge is 0.0712 e. The van der Waals surface area contributed by atoms with E-state index in [-0.39, 0.29) is 0 Å². The number of rotatable bonds is 3. The Morgan fingerprint density at radius 3 is 1.94 bits per heavy atom. The van der Waals surface area contributed by atoms with Gasteiger partial charge in [-0.3, -0.25) is 0 Å². The molecule has 0 fully saturated rings. The minimum atomic E-state index is 0.304. The number of halogens is 2. The van der Waals surface area contributed by atoms with Gasteiger partial charge in [0.05, 0.1) is 0 Å². The molecule has 2 heteroatoms. The quantitative estimate of drug-likeness (QED) is 0.658. The van der Waals surface area contributed by atoms with Crippen molar-refractivity contribution in [2.24, 2.45) is 0 Å². The van der Waals surface area contributed by atoms with Gasteiger partial charge in [-0.05, 0) is 68.0 Å². The number of aryl methyl sites for hydroxylation is 2. The van der Waals surface area contributed by atoms with Crippen LogP contribution in [0.25, 0.3) is 0 Å². The molecule has 0 radical (unpaired) electrons. The first-order valence-corrected chi connectivity index (χ1v) is 6.74. The SMILES string of the molecule is CCC(C=C(Cl)Cl)c1c(C)c(C)cc(C)c1C. The third kappa shape index (κ3) is 3.26. The van der Waals surface area contributed by atoms with E-state index < -0.39 is 0 Å². The standard InChI is InChI=1S/C15H20Cl2/c1-6-13(8-14(16)17)15-11(4)9(2)7-10(3)12(15)5/h7-8,13H,6H2,1-5H3. The zero-order valence-corrected chi connectivity index (χ0v) is 12.7. The molecule has 0 nitrogen and oxygen atoms in total. The predicted octanol–water partition coefficient (Wildman–Crippen LogP) is 5.73. The normalized spacial score (nSPS) is 12.4. The summed E-state index contributed by atoms with van der Waals surface area (Å²) >= 11 is 11.6. The van der Waals surface area contributed by atoms with Crippen molar-refractivity contribution in [2.45, 2.75) is 47.0 Å². The summed E-state index contributed by atoms with van der Waals surface area (Å²) in [7, 11) is 0. The third-order valence-corrected chi connectivity index (χ3v) is 3.81. The molecule has 0 bridgehead atoms. The van der Waals surface area contributed by atoms with Gasteiger partial charge in [-0.25, -0.2) is 0 Å². The van der Waals surface area contributed by atoms with Gasteiger partial charge in [0.2, 0.25) is 0 Å². The molecule has 0 spiro atoms. The molecule has 0 aliphatic rings. The Bertz CT molecular complexity index is 414. The fourth-order valence-corrected chi connectivity index (χ4v) is 2.67. The van der Waals surface area contributed by atoms with Gasteiger partial charge < -0.3 is 0 Å². The van der Waals surface area contributed by atoms with Crippen molar-refractivity contribution in [3.05, 3.63) is 44.5 Å². The maximum absolute atomic E-state index is 5.81. The summed E-state index contributed by atoms with van der Waals surface area (Å²) in [6.45, 7) is 10.8. The highest BCUT2D eigenvalue weighted by Gasteiger charge is 2.15. The van der Waals surface area contributed by atoms with Gasteiger partial charge in [0.15, 0.2) is 0 Å². The summed E-state index contributed by atoms with van der Waals surface area (Å²) in [6.07, 6.45) is 2.95. The van der Waals surface area contributed by atoms with Gasteiger partial charge in [0, 0.05) is 5.92 Å². The van der Waals surface area contributed by atoms with E-state index in [4.69, 9.17) is 23.2 Å². The molecular formula is C15H20Cl2. The molecule has 0 saturated heterocycles. The molecule has 0 aliphatic carbocycles. The van der Waals surface area contributed by atoms with Crippen LogP contribution in [0.2, 0.25) is 0 Å². The summed E-state index contributed by atoms with van der Waals surface area (Å²) in [4.78, 5) is 0. The van der Waals surface area contributed by atoms with Crippen molar-refractivity contribution in [1.29, 1.82) is 0 Å². The first-order chi connectivity index (χ1) is 7.88. The molecule has 1 aromatic rings. The predicted molar refractivity (Wildman–Crippen MR) is 78.2 cm³/mol. The van der Waals surface area contributed by atoms with Gasteiger partial charge in [-0.2, -0.15) is 0 Å². The lowest BCUT2D eigenvalue weighted by atomic mass is 9.85. The van der Waals surface area contributed by atoms with Crippen molar-refractivity contribution in [1.82, 2.24) is 0 Å². The largest absolute Gasteiger partial charge is 0.103 e. The van der Waals surface area contributed by atoms with E-state index in [2.05, 4.69) is 40.7 Å². The summed E-state index contributed by atoms with van der Waals surface area (Å²) in [5.41, 5.74) is 6.75. The van der Waals surface area contributed by atoms with Crippen LogP contribution in [-0.2, 0) is 0 Å². The Morgan fingerprint density at radius 2 is 1.59 bits per heavy atom. The van der Waals surface area contributed by atoms with Gasteiger partial charge in [0.25, 0.3) is 0 Å². The minimum Gasteiger partial charge on any atom is -0.0712 e. The third-order valence-electron chi connectivity index (χ3n) is 3.56. The Morgan fingerprint density at radius 1 is 1.12 bits per heavy atom. The molecule has 0 N–H and O–H groups in total. The van der Waals surface area contributed by atoms with E-state index in [0.29, 0.717) is 10.4 Å². The second-order valence-electron chi connectivity index (χ2n) is 4.65. The topological polar surface area (TPSA) is 0 Å². The van der Waals surface area contributed by atoms with Gasteiger partial charge in [-0.1, -0.05) is 36.2 Å². The average molecular weight is 271 g/mol. The van der Waals surface area contributed by atoms with Gasteiger partial charge in [-0.15, -0.1) is 0 Å². The van der Waals surface area contributed by atoms with Crippen LogP contribution in [-0.4, -0.2) is 0 Å². The lowest BCUT2D eigenvalue weighted by molar-refractivity contribution is 0.788. The Labute approximate surface area is 115 Å². The number of benzene rings is 1. The molecule has 1 rings (SSSR count). The van der Waals surface area contributed by atoms with Crippen LogP contribution in [0.5, 0.6) is 0 Å². The van der Waals surface area contributed by atoms with Crippen molar-refractivity contribution < 1.29 is 0 Å². The molecule has 94 valence electrons. The lowest BCUT2D eigenvalue weighted by Crippen LogP contribution is -2.04. The number of hydrogen-bond donors (Lipinski definition) is 0. The van der Waals surface area contributed by atoms with Gasteiger partial charge in [0.1, 0.15) is 4.49 Å². The maximum atomic E-state index is 5.81. The fourth-order valence-electron chi connectivity index (χ4n) is 2.36. The summed E-state index contributed by atoms with van der Waals surface area (Å²) in [5.74, 6) is 0.304. The number of hydrogen-bond acceptors (Lipinski definition) is 0. The van der Waals surface area contributed by atoms with E-state index in [1.54, 1.807) is 0 Å². The Balaban J connectivity index is 3.42. The second kappa shape index (κ2) is 5.93. The fraction of sp³-hybridized carbons (Fsp3) is 0.467. The van der Waals surface area contributed by atoms with Crippen molar-refractivity contribution in [2.75, 3.05) is 0 Å². The highest BCUT2D eigenvalue weighted by atomic mass is 35.5. The van der Waals surface area contributed by atoms with E-state index in [0.717, 1.165) is 6.42 Å². The first-order valence-electron chi connectivity index (χ1n) is 5.98. The van der Waals surface area contributed by atoms with Crippen LogP contribution in [0.3, 0.4) is 0 Å². The summed E-state index contributed by atoms with van der Waals surface area (Å²) < 4.78 is 0.356. The van der Waals surface area contributed by atoms with Crippen LogP contribution in [0.15, 0.2) is 16.6 Å². The molecule has 0 aliphatic heterocycles. The highest BCUT2D eigenvalue weighted by Crippen LogP contribution is 2.33. The number of allylic oxidation sites excluding steroid dienone is 1. The zero-order valence-electron chi connectivity index (χ0n) is 11.2. The second-order valence-corrected chi connectivity index (χ2v) is 5.65. The average Bonchev–Trinajstić information content (AvgIpc) is 2.24. The molecule has 1 unspecified atom stereocenters. The van der Waals surface area contributed by atoms with Crippen molar-refractivity contribution in [3.8, 4) is 0 Å². The Hall–Kier alpha value is -0.460. The zero-order chi connectivity index (χ0) is 13.2. The monoisotopic (exact) mass is 270 g/mol. The molecule has 1 atom stereocenters. The summed E-state index contributed by atoms with van der Waals surface area (Å²) in [5, 5.41) is 0. The van der Waals surface area contributed by atoms with Crippen LogP contribution in [0.4, 0.5) is 0 Å². The van der Waals surface area contributed by atoms with Crippen LogP contribution in [0.1, 0.15) is 47.1 Å². The van der Waals surface area contributed by atoms with E-state index in [9.17, 15) is 0 Å². The molecule has 0 amide bonds. The minimum absolute atomic E-state index is 0.304.